The van der Waals surface area contributed by atoms with Crippen LogP contribution < -0.4 is 10.1 Å². The molecule has 0 atom stereocenters. The van der Waals surface area contributed by atoms with E-state index in [1.165, 1.54) is 0 Å². The Morgan fingerprint density at radius 1 is 1.22 bits per heavy atom. The summed E-state index contributed by atoms with van der Waals surface area (Å²) < 4.78 is 13.4. The van der Waals surface area contributed by atoms with Gasteiger partial charge in [0, 0.05) is 4.47 Å². The van der Waals surface area contributed by atoms with E-state index in [4.69, 9.17) is 9.15 Å². The summed E-state index contributed by atoms with van der Waals surface area (Å²) in [4.78, 5) is 0. The smallest absolute Gasteiger partial charge is 0.183 e. The van der Waals surface area contributed by atoms with E-state index in [9.17, 15) is 0 Å². The first-order chi connectivity index (χ1) is 8.60. The zero-order valence-electron chi connectivity index (χ0n) is 9.47. The van der Waals surface area contributed by atoms with Crippen molar-refractivity contribution in [2.24, 2.45) is 0 Å². The summed E-state index contributed by atoms with van der Waals surface area (Å²) in [6.07, 6.45) is 0. The summed E-state index contributed by atoms with van der Waals surface area (Å²) in [6, 6.07) is 7.72. The van der Waals surface area contributed by atoms with E-state index in [1.54, 1.807) is 7.11 Å². The van der Waals surface area contributed by atoms with Crippen molar-refractivity contribution in [2.75, 3.05) is 12.4 Å². The molecule has 1 aromatic carbocycles. The quantitative estimate of drug-likeness (QED) is 0.712. The number of nitrogens with one attached hydrogen (secondary N) is 1. The molecular formula is C12H10Br3NO2. The SMILES string of the molecule is COc1ccc(Br)cc1NCc1cc(Br)c(Br)o1. The second-order valence-electron chi connectivity index (χ2n) is 3.53. The Hall–Kier alpha value is -0.460. The fourth-order valence-corrected chi connectivity index (χ4v) is 2.50. The lowest BCUT2D eigenvalue weighted by Crippen LogP contribution is -2.00. The van der Waals surface area contributed by atoms with Crippen molar-refractivity contribution in [1.82, 2.24) is 0 Å². The van der Waals surface area contributed by atoms with Crippen LogP contribution in [0.4, 0.5) is 5.69 Å². The maximum Gasteiger partial charge on any atom is 0.183 e. The fourth-order valence-electron chi connectivity index (χ4n) is 1.48. The van der Waals surface area contributed by atoms with Crippen molar-refractivity contribution < 1.29 is 9.15 Å². The van der Waals surface area contributed by atoms with Gasteiger partial charge in [-0.05, 0) is 56.1 Å². The molecule has 1 heterocycles. The Morgan fingerprint density at radius 2 is 2.00 bits per heavy atom. The van der Waals surface area contributed by atoms with Crippen molar-refractivity contribution in [3.8, 4) is 5.75 Å². The Kier molecular flexibility index (Phi) is 4.75. The van der Waals surface area contributed by atoms with Crippen LogP contribution in [0.25, 0.3) is 0 Å². The lowest BCUT2D eigenvalue weighted by molar-refractivity contribution is 0.416. The normalized spacial score (nSPS) is 10.4. The highest BCUT2D eigenvalue weighted by Gasteiger charge is 2.08. The van der Waals surface area contributed by atoms with Gasteiger partial charge in [-0.2, -0.15) is 0 Å². The van der Waals surface area contributed by atoms with E-state index in [-0.39, 0.29) is 0 Å². The van der Waals surface area contributed by atoms with Crippen LogP contribution in [0.2, 0.25) is 0 Å². The average molecular weight is 440 g/mol. The van der Waals surface area contributed by atoms with Crippen molar-refractivity contribution in [3.63, 3.8) is 0 Å². The number of hydrogen-bond donors (Lipinski definition) is 1. The maximum absolute atomic E-state index is 5.49. The number of furan rings is 1. The van der Waals surface area contributed by atoms with Gasteiger partial charge >= 0.3 is 0 Å². The van der Waals surface area contributed by atoms with Gasteiger partial charge in [-0.25, -0.2) is 0 Å². The standard InChI is InChI=1S/C12H10Br3NO2/c1-17-11-3-2-7(13)4-10(11)16-6-8-5-9(14)12(15)18-8/h2-5,16H,6H2,1H3. The Morgan fingerprint density at radius 3 is 2.61 bits per heavy atom. The topological polar surface area (TPSA) is 34.4 Å². The molecule has 3 nitrogen and oxygen atoms in total. The van der Waals surface area contributed by atoms with Crippen LogP contribution in [0.5, 0.6) is 5.75 Å². The van der Waals surface area contributed by atoms with Crippen molar-refractivity contribution >= 4 is 53.5 Å². The molecule has 0 aliphatic heterocycles. The zero-order valence-corrected chi connectivity index (χ0v) is 14.2. The van der Waals surface area contributed by atoms with Gasteiger partial charge < -0.3 is 14.5 Å². The summed E-state index contributed by atoms with van der Waals surface area (Å²) >= 11 is 10.1. The van der Waals surface area contributed by atoms with E-state index >= 15 is 0 Å². The van der Waals surface area contributed by atoms with Gasteiger partial charge in [0.05, 0.1) is 23.8 Å². The van der Waals surface area contributed by atoms with Crippen LogP contribution in [0.3, 0.4) is 0 Å². The van der Waals surface area contributed by atoms with Crippen molar-refractivity contribution in [1.29, 1.82) is 0 Å². The average Bonchev–Trinajstić information content (AvgIpc) is 2.66. The molecular weight excluding hydrogens is 430 g/mol. The number of ether oxygens (including phenoxy) is 1. The summed E-state index contributed by atoms with van der Waals surface area (Å²) in [6.45, 7) is 0.580. The molecule has 0 aliphatic carbocycles. The summed E-state index contributed by atoms with van der Waals surface area (Å²) in [5, 5.41) is 3.27. The van der Waals surface area contributed by atoms with E-state index in [0.29, 0.717) is 11.2 Å². The molecule has 1 aromatic heterocycles. The molecule has 0 aliphatic rings. The molecule has 96 valence electrons. The summed E-state index contributed by atoms with van der Waals surface area (Å²) in [5.74, 6) is 1.62. The molecule has 2 rings (SSSR count). The molecule has 0 saturated carbocycles. The number of methoxy groups -OCH3 is 1. The van der Waals surface area contributed by atoms with Crippen molar-refractivity contribution in [2.45, 2.75) is 6.54 Å². The lowest BCUT2D eigenvalue weighted by Gasteiger charge is -2.10. The first-order valence-electron chi connectivity index (χ1n) is 5.11. The van der Waals surface area contributed by atoms with Gasteiger partial charge in [-0.15, -0.1) is 0 Å². The van der Waals surface area contributed by atoms with E-state index in [0.717, 1.165) is 26.1 Å². The molecule has 1 N–H and O–H groups in total. The Bertz CT molecular complexity index is 535. The molecule has 6 heteroatoms. The van der Waals surface area contributed by atoms with Crippen LogP contribution in [0.15, 0.2) is 42.3 Å². The molecule has 0 saturated heterocycles. The third-order valence-electron chi connectivity index (χ3n) is 2.31. The largest absolute Gasteiger partial charge is 0.495 e. The lowest BCUT2D eigenvalue weighted by atomic mass is 10.3. The zero-order chi connectivity index (χ0) is 13.1. The highest BCUT2D eigenvalue weighted by atomic mass is 79.9. The maximum atomic E-state index is 5.49. The van der Waals surface area contributed by atoms with Gasteiger partial charge in [-0.3, -0.25) is 0 Å². The van der Waals surface area contributed by atoms with E-state index in [2.05, 4.69) is 53.1 Å². The molecule has 0 unspecified atom stereocenters. The molecule has 0 radical (unpaired) electrons. The third-order valence-corrected chi connectivity index (χ3v) is 4.51. The minimum atomic E-state index is 0.580. The third kappa shape index (κ3) is 3.30. The first kappa shape index (κ1) is 14.0. The Balaban J connectivity index is 2.12. The molecule has 18 heavy (non-hydrogen) atoms. The Labute approximate surface area is 130 Å². The van der Waals surface area contributed by atoms with Gasteiger partial charge in [0.2, 0.25) is 0 Å². The van der Waals surface area contributed by atoms with E-state index < -0.39 is 0 Å². The fraction of sp³-hybridized carbons (Fsp3) is 0.167. The van der Waals surface area contributed by atoms with Gasteiger partial charge in [0.1, 0.15) is 11.5 Å². The van der Waals surface area contributed by atoms with Gasteiger partial charge in [0.15, 0.2) is 4.67 Å². The second kappa shape index (κ2) is 6.12. The van der Waals surface area contributed by atoms with Crippen molar-refractivity contribution in [3.05, 3.63) is 43.6 Å². The number of rotatable bonds is 4. The molecule has 2 aromatic rings. The van der Waals surface area contributed by atoms with Crippen LogP contribution in [-0.2, 0) is 6.54 Å². The molecule has 0 amide bonds. The number of anilines is 1. The minimum absolute atomic E-state index is 0.580. The number of benzene rings is 1. The van der Waals surface area contributed by atoms with E-state index in [1.807, 2.05) is 24.3 Å². The van der Waals surface area contributed by atoms with Gasteiger partial charge in [0.25, 0.3) is 0 Å². The monoisotopic (exact) mass is 437 g/mol. The first-order valence-corrected chi connectivity index (χ1v) is 7.49. The van der Waals surface area contributed by atoms with Crippen LogP contribution in [0.1, 0.15) is 5.76 Å². The second-order valence-corrected chi connectivity index (χ2v) is 6.02. The predicted octanol–water partition coefficient (Wildman–Crippen LogP) is 5.19. The van der Waals surface area contributed by atoms with Crippen LogP contribution in [-0.4, -0.2) is 7.11 Å². The molecule has 0 spiro atoms. The van der Waals surface area contributed by atoms with Crippen LogP contribution >= 0.6 is 47.8 Å². The number of hydrogen-bond acceptors (Lipinski definition) is 3. The number of halogens is 3. The van der Waals surface area contributed by atoms with Gasteiger partial charge in [-0.1, -0.05) is 15.9 Å². The molecule has 0 fully saturated rings. The highest BCUT2D eigenvalue weighted by Crippen LogP contribution is 2.30. The predicted molar refractivity (Wildman–Crippen MR) is 82.1 cm³/mol. The highest BCUT2D eigenvalue weighted by molar-refractivity contribution is 9.13. The summed E-state index contributed by atoms with van der Waals surface area (Å²) in [7, 11) is 1.65. The van der Waals surface area contributed by atoms with Crippen LogP contribution in [0, 0.1) is 0 Å². The summed E-state index contributed by atoms with van der Waals surface area (Å²) in [5.41, 5.74) is 0.913. The minimum Gasteiger partial charge on any atom is -0.495 e. The molecule has 0 bridgehead atoms.